The molecule has 1 fully saturated rings. The van der Waals surface area contributed by atoms with Crippen LogP contribution in [0.1, 0.15) is 52.4 Å². The molecule has 0 saturated heterocycles. The van der Waals surface area contributed by atoms with Gasteiger partial charge in [-0.15, -0.1) is 0 Å². The Balaban J connectivity index is 2.03. The smallest absolute Gasteiger partial charge is 0.330 e. The summed E-state index contributed by atoms with van der Waals surface area (Å²) >= 11 is 0. The second kappa shape index (κ2) is 10.8. The van der Waals surface area contributed by atoms with Gasteiger partial charge >= 0.3 is 5.97 Å². The fraction of sp³-hybridized carbons (Fsp3) is 0.522. The van der Waals surface area contributed by atoms with E-state index in [1.54, 1.807) is 12.2 Å². The molecule has 2 N–H and O–H groups in total. The molecule has 0 aromatic heterocycles. The maximum atomic E-state index is 11.8. The molecule has 2 rings (SSSR count). The maximum absolute atomic E-state index is 11.8. The molecule has 6 heteroatoms. The Morgan fingerprint density at radius 1 is 1.10 bits per heavy atom. The molecule has 0 radical (unpaired) electrons. The number of carbonyl (C=O) groups is 1. The van der Waals surface area contributed by atoms with Crippen molar-refractivity contribution in [3.63, 3.8) is 0 Å². The summed E-state index contributed by atoms with van der Waals surface area (Å²) in [5, 5.41) is 19.4. The van der Waals surface area contributed by atoms with Crippen LogP contribution in [0.5, 0.6) is 0 Å². The topological polar surface area (TPSA) is 75.5 Å². The number of aliphatic hydroxyl groups excluding tert-OH is 2. The third-order valence-corrected chi connectivity index (χ3v) is 5.14. The SMILES string of the molecule is [C-]#[N+]C(=C\C1=C[C@@H](O)[C@@H](O)CC1)/C(=C/C1CCC(OC(=O)C=C(C)C)CC1)[N+]#[C-]. The normalized spacial score (nSPS) is 27.9. The Bertz CT molecular complexity index is 811. The monoisotopic (exact) mass is 396 g/mol. The average Bonchev–Trinajstić information content (AvgIpc) is 2.68. The molecule has 0 bridgehead atoms. The summed E-state index contributed by atoms with van der Waals surface area (Å²) in [6.07, 6.45) is 8.77. The van der Waals surface area contributed by atoms with Crippen molar-refractivity contribution in [1.82, 2.24) is 0 Å². The van der Waals surface area contributed by atoms with E-state index in [-0.39, 0.29) is 23.7 Å². The Morgan fingerprint density at radius 2 is 1.76 bits per heavy atom. The van der Waals surface area contributed by atoms with Crippen LogP contribution in [0, 0.1) is 19.1 Å². The summed E-state index contributed by atoms with van der Waals surface area (Å²) in [5.74, 6) is -0.146. The number of ether oxygens (including phenoxy) is 1. The maximum Gasteiger partial charge on any atom is 0.330 e. The van der Waals surface area contributed by atoms with Crippen LogP contribution < -0.4 is 0 Å². The number of carbonyl (C=O) groups excluding carboxylic acids is 1. The lowest BCUT2D eigenvalue weighted by molar-refractivity contribution is -0.144. The molecule has 29 heavy (non-hydrogen) atoms. The molecule has 0 aromatic rings. The number of rotatable bonds is 5. The molecule has 2 aliphatic carbocycles. The first-order valence-electron chi connectivity index (χ1n) is 9.93. The molecule has 0 unspecified atom stereocenters. The fourth-order valence-corrected chi connectivity index (χ4v) is 3.57. The molecule has 2 aliphatic rings. The third kappa shape index (κ3) is 7.02. The average molecular weight is 396 g/mol. The highest BCUT2D eigenvalue weighted by Crippen LogP contribution is 2.31. The molecular formula is C23H28N2O4. The summed E-state index contributed by atoms with van der Waals surface area (Å²) in [5.41, 5.74) is 2.23. The van der Waals surface area contributed by atoms with Gasteiger partial charge < -0.3 is 14.9 Å². The van der Waals surface area contributed by atoms with Crippen LogP contribution in [0.2, 0.25) is 0 Å². The van der Waals surface area contributed by atoms with Gasteiger partial charge in [0.25, 0.3) is 0 Å². The Morgan fingerprint density at radius 3 is 2.31 bits per heavy atom. The van der Waals surface area contributed by atoms with E-state index in [4.69, 9.17) is 17.9 Å². The van der Waals surface area contributed by atoms with E-state index in [0.717, 1.165) is 36.8 Å². The molecule has 154 valence electrons. The third-order valence-electron chi connectivity index (χ3n) is 5.14. The van der Waals surface area contributed by atoms with Gasteiger partial charge in [0.05, 0.1) is 25.4 Å². The minimum atomic E-state index is -0.938. The molecule has 0 aliphatic heterocycles. The first-order chi connectivity index (χ1) is 13.8. The van der Waals surface area contributed by atoms with E-state index in [1.165, 1.54) is 6.08 Å². The zero-order valence-corrected chi connectivity index (χ0v) is 17.0. The van der Waals surface area contributed by atoms with Crippen LogP contribution in [-0.2, 0) is 9.53 Å². The lowest BCUT2D eigenvalue weighted by Crippen LogP contribution is -2.27. The Kier molecular flexibility index (Phi) is 8.39. The standard InChI is InChI=1S/C23H28N2O4/c1-15(2)11-23(28)29-18-8-5-16(6-9-18)12-19(24-3)20(25-4)13-17-7-10-21(26)22(27)14-17/h11-14,16,18,21-22,26-27H,5-10H2,1-2H3/b19-12-,20-13-/t16?,18?,21-,22+/m0/s1. The highest BCUT2D eigenvalue weighted by molar-refractivity contribution is 5.82. The molecule has 0 aromatic carbocycles. The van der Waals surface area contributed by atoms with Gasteiger partial charge in [-0.25, -0.2) is 4.79 Å². The van der Waals surface area contributed by atoms with Crippen molar-refractivity contribution in [2.75, 3.05) is 0 Å². The highest BCUT2D eigenvalue weighted by Gasteiger charge is 2.24. The minimum absolute atomic E-state index is 0.102. The number of hydrogen-bond acceptors (Lipinski definition) is 4. The van der Waals surface area contributed by atoms with Gasteiger partial charge in [-0.3, -0.25) is 9.69 Å². The van der Waals surface area contributed by atoms with Crippen LogP contribution in [-0.4, -0.2) is 34.5 Å². The number of esters is 1. The second-order valence-electron chi connectivity index (χ2n) is 7.84. The summed E-state index contributed by atoms with van der Waals surface area (Å²) < 4.78 is 5.46. The first kappa shape index (κ1) is 22.6. The lowest BCUT2D eigenvalue weighted by atomic mass is 9.86. The summed E-state index contributed by atoms with van der Waals surface area (Å²) in [6, 6.07) is 0. The van der Waals surface area contributed by atoms with Crippen molar-refractivity contribution in [2.45, 2.75) is 70.7 Å². The minimum Gasteiger partial charge on any atom is -0.459 e. The number of allylic oxidation sites excluding steroid dienone is 4. The van der Waals surface area contributed by atoms with Crippen LogP contribution in [0.25, 0.3) is 9.69 Å². The predicted octanol–water partition coefficient (Wildman–Crippen LogP) is 4.10. The second-order valence-corrected chi connectivity index (χ2v) is 7.84. The lowest BCUT2D eigenvalue weighted by Gasteiger charge is -2.26. The first-order valence-corrected chi connectivity index (χ1v) is 9.93. The molecule has 0 amide bonds. The van der Waals surface area contributed by atoms with Crippen molar-refractivity contribution < 1.29 is 19.7 Å². The van der Waals surface area contributed by atoms with Crippen LogP contribution in [0.4, 0.5) is 0 Å². The van der Waals surface area contributed by atoms with E-state index in [1.807, 2.05) is 19.9 Å². The quantitative estimate of drug-likeness (QED) is 0.317. The van der Waals surface area contributed by atoms with E-state index >= 15 is 0 Å². The van der Waals surface area contributed by atoms with E-state index in [2.05, 4.69) is 9.69 Å². The van der Waals surface area contributed by atoms with E-state index in [0.29, 0.717) is 18.5 Å². The summed E-state index contributed by atoms with van der Waals surface area (Å²) in [6.45, 7) is 18.6. The zero-order valence-electron chi connectivity index (χ0n) is 17.0. The number of aliphatic hydroxyl groups is 2. The fourth-order valence-electron chi connectivity index (χ4n) is 3.57. The molecule has 0 spiro atoms. The summed E-state index contributed by atoms with van der Waals surface area (Å²) in [4.78, 5) is 18.8. The molecule has 2 atom stereocenters. The van der Waals surface area contributed by atoms with Crippen LogP contribution >= 0.6 is 0 Å². The van der Waals surface area contributed by atoms with Crippen molar-refractivity contribution in [1.29, 1.82) is 0 Å². The van der Waals surface area contributed by atoms with Crippen molar-refractivity contribution in [3.05, 3.63) is 69.7 Å². The van der Waals surface area contributed by atoms with Gasteiger partial charge in [0.1, 0.15) is 6.10 Å². The van der Waals surface area contributed by atoms with Crippen molar-refractivity contribution in [3.8, 4) is 0 Å². The number of hydrogen-bond donors (Lipinski definition) is 2. The molecule has 1 saturated carbocycles. The van der Waals surface area contributed by atoms with Crippen LogP contribution in [0.3, 0.4) is 0 Å². The van der Waals surface area contributed by atoms with E-state index < -0.39 is 12.2 Å². The number of nitrogens with zero attached hydrogens (tertiary/aromatic N) is 2. The van der Waals surface area contributed by atoms with Gasteiger partial charge in [-0.1, -0.05) is 29.4 Å². The Labute approximate surface area is 172 Å². The van der Waals surface area contributed by atoms with Crippen molar-refractivity contribution in [2.24, 2.45) is 5.92 Å². The highest BCUT2D eigenvalue weighted by atomic mass is 16.5. The van der Waals surface area contributed by atoms with Crippen molar-refractivity contribution >= 4 is 5.97 Å². The molecular weight excluding hydrogens is 368 g/mol. The Hall–Kier alpha value is -2.67. The van der Waals surface area contributed by atoms with Gasteiger partial charge in [0.15, 0.2) is 11.4 Å². The molecule has 6 nitrogen and oxygen atoms in total. The summed E-state index contributed by atoms with van der Waals surface area (Å²) in [7, 11) is 0. The predicted molar refractivity (Wildman–Crippen MR) is 110 cm³/mol. The van der Waals surface area contributed by atoms with E-state index in [9.17, 15) is 15.0 Å². The van der Waals surface area contributed by atoms with Crippen LogP contribution in [0.15, 0.2) is 46.8 Å². The van der Waals surface area contributed by atoms with Gasteiger partial charge in [0.2, 0.25) is 0 Å². The zero-order chi connectivity index (χ0) is 21.4. The van der Waals surface area contributed by atoms with Gasteiger partial charge in [-0.05, 0) is 58.3 Å². The van der Waals surface area contributed by atoms with Gasteiger partial charge in [-0.2, -0.15) is 0 Å². The largest absolute Gasteiger partial charge is 0.459 e. The molecule has 0 heterocycles. The van der Waals surface area contributed by atoms with Gasteiger partial charge in [0, 0.05) is 6.08 Å².